The number of benzene rings is 1. The normalized spacial score (nSPS) is 24.7. The Morgan fingerprint density at radius 3 is 2.61 bits per heavy atom. The van der Waals surface area contributed by atoms with E-state index in [0.29, 0.717) is 6.54 Å². The molecule has 3 amide bonds. The number of nitrogens with zero attached hydrogens (tertiary/aromatic N) is 1. The van der Waals surface area contributed by atoms with Crippen molar-refractivity contribution in [3.05, 3.63) is 35.9 Å². The summed E-state index contributed by atoms with van der Waals surface area (Å²) in [7, 11) is 0. The van der Waals surface area contributed by atoms with Crippen LogP contribution in [-0.2, 0) is 25.7 Å². The molecule has 36 heavy (non-hydrogen) atoms. The third-order valence-corrected chi connectivity index (χ3v) is 7.00. The maximum Gasteiger partial charge on any atom is 0.412 e. The Morgan fingerprint density at radius 2 is 1.92 bits per heavy atom. The zero-order chi connectivity index (χ0) is 25.9. The van der Waals surface area contributed by atoms with Crippen LogP contribution in [0, 0.1) is 5.92 Å². The molecular formula is C26H40N4O6. The molecule has 3 rings (SSSR count). The molecule has 2 fully saturated rings. The molecule has 0 spiro atoms. The minimum atomic E-state index is -1.16. The number of aliphatic hydroxyl groups excluding tert-OH is 1. The summed E-state index contributed by atoms with van der Waals surface area (Å²) < 4.78 is 10.6. The van der Waals surface area contributed by atoms with E-state index in [2.05, 4.69) is 17.6 Å². The van der Waals surface area contributed by atoms with Gasteiger partial charge < -0.3 is 30.9 Å². The highest BCUT2D eigenvalue weighted by atomic mass is 16.6. The van der Waals surface area contributed by atoms with Gasteiger partial charge in [-0.3, -0.25) is 14.5 Å². The number of nitrogens with one attached hydrogen (secondary N) is 2. The summed E-state index contributed by atoms with van der Waals surface area (Å²) in [4.78, 5) is 38.6. The van der Waals surface area contributed by atoms with Crippen LogP contribution in [0.25, 0.3) is 0 Å². The van der Waals surface area contributed by atoms with Gasteiger partial charge in [0.25, 0.3) is 0 Å². The summed E-state index contributed by atoms with van der Waals surface area (Å²) in [5.41, 5.74) is 7.02. The summed E-state index contributed by atoms with van der Waals surface area (Å²) in [5.74, 6) is -0.127. The summed E-state index contributed by atoms with van der Waals surface area (Å²) in [6.45, 7) is 2.75. The summed E-state index contributed by atoms with van der Waals surface area (Å²) in [6.07, 6.45) is 3.69. The quantitative estimate of drug-likeness (QED) is 0.338. The second-order valence-corrected chi connectivity index (χ2v) is 9.65. The number of amides is 3. The van der Waals surface area contributed by atoms with Crippen LogP contribution in [0.4, 0.5) is 4.79 Å². The van der Waals surface area contributed by atoms with E-state index in [1.807, 2.05) is 30.3 Å². The number of hydrogen-bond acceptors (Lipinski definition) is 7. The Kier molecular flexibility index (Phi) is 11.0. The number of carbonyl (C=O) groups excluding carboxylic acids is 3. The van der Waals surface area contributed by atoms with Crippen molar-refractivity contribution in [1.29, 1.82) is 0 Å². The van der Waals surface area contributed by atoms with E-state index in [0.717, 1.165) is 44.1 Å². The molecule has 10 nitrogen and oxygen atoms in total. The standard InChI is InChI=1S/C26H40N4O6/c1-2-3-15-28-24(32)23(27)19-9-11-20(12-10-19)29-22(31)14-13-21-25(33)36-17-30(21)26(34)35-16-18-7-5-4-6-8-18/h4-8,19-21,23,25,33H,2-3,9-17,27H2,1H3,(H,28,32)(H,29,31)/t19?,20?,21?,23-,25?/m0/s1. The molecule has 1 aliphatic carbocycles. The maximum absolute atomic E-state index is 12.6. The first kappa shape index (κ1) is 27.9. The number of aliphatic hydroxyl groups is 1. The Labute approximate surface area is 212 Å². The molecule has 0 aromatic heterocycles. The van der Waals surface area contributed by atoms with E-state index in [9.17, 15) is 19.5 Å². The average Bonchev–Trinajstić information content (AvgIpc) is 3.27. The molecule has 1 saturated carbocycles. The Bertz CT molecular complexity index is 846. The van der Waals surface area contributed by atoms with Crippen LogP contribution in [-0.4, -0.2) is 65.6 Å². The fraction of sp³-hybridized carbons (Fsp3) is 0.654. The number of nitrogens with two attached hydrogens (primary N) is 1. The smallest absolute Gasteiger partial charge is 0.412 e. The molecule has 3 atom stereocenters. The van der Waals surface area contributed by atoms with Crippen molar-refractivity contribution in [3.63, 3.8) is 0 Å². The molecule has 1 saturated heterocycles. The van der Waals surface area contributed by atoms with E-state index >= 15 is 0 Å². The van der Waals surface area contributed by atoms with Gasteiger partial charge in [-0.05, 0) is 50.0 Å². The minimum Gasteiger partial charge on any atom is -0.444 e. The maximum atomic E-state index is 12.6. The first-order valence-electron chi connectivity index (χ1n) is 13.0. The summed E-state index contributed by atoms with van der Waals surface area (Å²) in [5, 5.41) is 16.1. The van der Waals surface area contributed by atoms with Gasteiger partial charge in [-0.2, -0.15) is 0 Å². The highest BCUT2D eigenvalue weighted by Crippen LogP contribution is 2.27. The highest BCUT2D eigenvalue weighted by molar-refractivity contribution is 5.81. The van der Waals surface area contributed by atoms with Crippen molar-refractivity contribution < 1.29 is 29.0 Å². The molecule has 2 aliphatic rings. The molecule has 1 heterocycles. The van der Waals surface area contributed by atoms with Crippen molar-refractivity contribution in [3.8, 4) is 0 Å². The van der Waals surface area contributed by atoms with Crippen LogP contribution in [0.15, 0.2) is 30.3 Å². The van der Waals surface area contributed by atoms with Gasteiger partial charge in [0.15, 0.2) is 6.29 Å². The molecule has 1 aromatic carbocycles. The van der Waals surface area contributed by atoms with E-state index in [1.54, 1.807) is 0 Å². The number of rotatable bonds is 11. The molecule has 200 valence electrons. The summed E-state index contributed by atoms with van der Waals surface area (Å²) >= 11 is 0. The minimum absolute atomic E-state index is 0.0285. The lowest BCUT2D eigenvalue weighted by Gasteiger charge is -2.32. The number of unbranched alkanes of at least 4 members (excludes halogenated alkanes) is 1. The van der Waals surface area contributed by atoms with Crippen LogP contribution in [0.3, 0.4) is 0 Å². The van der Waals surface area contributed by atoms with E-state index in [4.69, 9.17) is 15.2 Å². The molecule has 2 unspecified atom stereocenters. The average molecular weight is 505 g/mol. The molecule has 5 N–H and O–H groups in total. The van der Waals surface area contributed by atoms with E-state index in [-0.39, 0.29) is 50.0 Å². The van der Waals surface area contributed by atoms with Gasteiger partial charge in [-0.1, -0.05) is 43.7 Å². The monoisotopic (exact) mass is 504 g/mol. The molecular weight excluding hydrogens is 464 g/mol. The van der Waals surface area contributed by atoms with Gasteiger partial charge in [0.2, 0.25) is 11.8 Å². The number of hydrogen-bond donors (Lipinski definition) is 4. The molecule has 1 aromatic rings. The Balaban J connectivity index is 1.37. The van der Waals surface area contributed by atoms with Gasteiger partial charge in [0.05, 0.1) is 12.1 Å². The van der Waals surface area contributed by atoms with Gasteiger partial charge in [0, 0.05) is 19.0 Å². The number of ether oxygens (including phenoxy) is 2. The van der Waals surface area contributed by atoms with Crippen molar-refractivity contribution in [2.45, 2.75) is 89.3 Å². The van der Waals surface area contributed by atoms with Crippen LogP contribution < -0.4 is 16.4 Å². The van der Waals surface area contributed by atoms with Crippen LogP contribution in [0.5, 0.6) is 0 Å². The van der Waals surface area contributed by atoms with E-state index < -0.39 is 24.5 Å². The largest absolute Gasteiger partial charge is 0.444 e. The SMILES string of the molecule is CCCCNC(=O)[C@@H](N)C1CCC(NC(=O)CCC2C(O)OCN2C(=O)OCc2ccccc2)CC1. The van der Waals surface area contributed by atoms with Crippen LogP contribution in [0.1, 0.15) is 63.9 Å². The molecule has 1 aliphatic heterocycles. The van der Waals surface area contributed by atoms with Gasteiger partial charge in [-0.25, -0.2) is 4.79 Å². The predicted molar refractivity (Wildman–Crippen MR) is 133 cm³/mol. The zero-order valence-corrected chi connectivity index (χ0v) is 21.1. The second kappa shape index (κ2) is 14.2. The first-order chi connectivity index (χ1) is 17.4. The lowest BCUT2D eigenvalue weighted by molar-refractivity contribution is -0.125. The van der Waals surface area contributed by atoms with E-state index in [1.165, 1.54) is 4.90 Å². The van der Waals surface area contributed by atoms with Gasteiger partial charge in [0.1, 0.15) is 13.3 Å². The zero-order valence-electron chi connectivity index (χ0n) is 21.1. The first-order valence-corrected chi connectivity index (χ1v) is 13.0. The predicted octanol–water partition coefficient (Wildman–Crippen LogP) is 2.00. The van der Waals surface area contributed by atoms with Crippen LogP contribution >= 0.6 is 0 Å². The third-order valence-electron chi connectivity index (χ3n) is 7.00. The lowest BCUT2D eigenvalue weighted by atomic mass is 9.81. The van der Waals surface area contributed by atoms with Crippen molar-refractivity contribution in [2.24, 2.45) is 11.7 Å². The number of carbonyl (C=O) groups is 3. The second-order valence-electron chi connectivity index (χ2n) is 9.65. The lowest BCUT2D eigenvalue weighted by Crippen LogP contribution is -2.48. The van der Waals surface area contributed by atoms with Gasteiger partial charge >= 0.3 is 6.09 Å². The van der Waals surface area contributed by atoms with Crippen LogP contribution in [0.2, 0.25) is 0 Å². The third kappa shape index (κ3) is 8.18. The molecule has 0 radical (unpaired) electrons. The molecule has 0 bridgehead atoms. The van der Waals surface area contributed by atoms with Crippen molar-refractivity contribution >= 4 is 17.9 Å². The van der Waals surface area contributed by atoms with Crippen molar-refractivity contribution in [2.75, 3.05) is 13.3 Å². The summed E-state index contributed by atoms with van der Waals surface area (Å²) in [6, 6.07) is 8.17. The topological polar surface area (TPSA) is 143 Å². The fourth-order valence-electron chi connectivity index (χ4n) is 4.73. The highest BCUT2D eigenvalue weighted by Gasteiger charge is 2.38. The fourth-order valence-corrected chi connectivity index (χ4v) is 4.73. The Hall–Kier alpha value is -2.69. The van der Waals surface area contributed by atoms with Gasteiger partial charge in [-0.15, -0.1) is 0 Å². The van der Waals surface area contributed by atoms with Crippen molar-refractivity contribution in [1.82, 2.24) is 15.5 Å². The molecule has 10 heteroatoms. The Morgan fingerprint density at radius 1 is 1.19 bits per heavy atom.